The van der Waals surface area contributed by atoms with E-state index in [4.69, 9.17) is 0 Å². The number of carbonyl (C=O) groups excluding carboxylic acids is 1. The standard InChI is InChI=1S/C8H13F3N2O3S/c1-17(15,16)13-4-2-3-6(13)7(14)12-5-8(9,10)11/h6H,2-5H2,1H3,(H,12,14)/t6-/m1/s1. The first kappa shape index (κ1) is 14.2. The lowest BCUT2D eigenvalue weighted by atomic mass is 10.2. The molecule has 0 saturated carbocycles. The molecule has 1 aliphatic heterocycles. The van der Waals surface area contributed by atoms with Gasteiger partial charge < -0.3 is 5.32 Å². The van der Waals surface area contributed by atoms with E-state index in [0.29, 0.717) is 6.42 Å². The van der Waals surface area contributed by atoms with Crippen molar-refractivity contribution in [1.82, 2.24) is 9.62 Å². The van der Waals surface area contributed by atoms with E-state index >= 15 is 0 Å². The monoisotopic (exact) mass is 274 g/mol. The number of nitrogens with one attached hydrogen (secondary N) is 1. The van der Waals surface area contributed by atoms with Crippen molar-refractivity contribution in [1.29, 1.82) is 0 Å². The van der Waals surface area contributed by atoms with E-state index in [-0.39, 0.29) is 13.0 Å². The molecule has 0 bridgehead atoms. The van der Waals surface area contributed by atoms with Crippen LogP contribution in [0.2, 0.25) is 0 Å². The zero-order chi connectivity index (χ0) is 13.3. The summed E-state index contributed by atoms with van der Waals surface area (Å²) in [6.07, 6.45) is -2.85. The second-order valence-electron chi connectivity index (χ2n) is 3.86. The summed E-state index contributed by atoms with van der Waals surface area (Å²) in [6, 6.07) is -1.02. The molecule has 1 atom stereocenters. The molecule has 1 saturated heterocycles. The van der Waals surface area contributed by atoms with Crippen LogP contribution in [0.5, 0.6) is 0 Å². The minimum absolute atomic E-state index is 0.170. The van der Waals surface area contributed by atoms with Crippen molar-refractivity contribution in [3.05, 3.63) is 0 Å². The minimum Gasteiger partial charge on any atom is -0.346 e. The Morgan fingerprint density at radius 3 is 2.53 bits per heavy atom. The Morgan fingerprint density at radius 2 is 2.06 bits per heavy atom. The van der Waals surface area contributed by atoms with Crippen LogP contribution in [0.3, 0.4) is 0 Å². The maximum absolute atomic E-state index is 11.9. The zero-order valence-corrected chi connectivity index (χ0v) is 9.94. The van der Waals surface area contributed by atoms with E-state index in [1.165, 1.54) is 0 Å². The van der Waals surface area contributed by atoms with Crippen molar-refractivity contribution >= 4 is 15.9 Å². The van der Waals surface area contributed by atoms with Gasteiger partial charge in [-0.3, -0.25) is 4.79 Å². The van der Waals surface area contributed by atoms with Crippen LogP contribution >= 0.6 is 0 Å². The molecule has 9 heteroatoms. The average Bonchev–Trinajstić information content (AvgIpc) is 2.60. The maximum Gasteiger partial charge on any atom is 0.405 e. The van der Waals surface area contributed by atoms with E-state index in [9.17, 15) is 26.4 Å². The van der Waals surface area contributed by atoms with Gasteiger partial charge in [-0.05, 0) is 12.8 Å². The summed E-state index contributed by atoms with van der Waals surface area (Å²) < 4.78 is 59.1. The summed E-state index contributed by atoms with van der Waals surface area (Å²) in [4.78, 5) is 11.4. The van der Waals surface area contributed by atoms with Crippen molar-refractivity contribution in [2.45, 2.75) is 25.1 Å². The summed E-state index contributed by atoms with van der Waals surface area (Å²) in [5.41, 5.74) is 0. The zero-order valence-electron chi connectivity index (χ0n) is 9.12. The van der Waals surface area contributed by atoms with Gasteiger partial charge in [-0.25, -0.2) is 8.42 Å². The molecule has 1 fully saturated rings. The summed E-state index contributed by atoms with van der Waals surface area (Å²) in [7, 11) is -3.56. The summed E-state index contributed by atoms with van der Waals surface area (Å²) in [6.45, 7) is -1.27. The predicted molar refractivity (Wildman–Crippen MR) is 53.6 cm³/mol. The van der Waals surface area contributed by atoms with Gasteiger partial charge >= 0.3 is 6.18 Å². The average molecular weight is 274 g/mol. The normalized spacial score (nSPS) is 22.7. The number of hydrogen-bond donors (Lipinski definition) is 1. The third kappa shape index (κ3) is 4.15. The van der Waals surface area contributed by atoms with E-state index in [0.717, 1.165) is 10.6 Å². The molecule has 1 heterocycles. The molecule has 1 rings (SSSR count). The quantitative estimate of drug-likeness (QED) is 0.793. The molecule has 5 nitrogen and oxygen atoms in total. The van der Waals surface area contributed by atoms with Crippen LogP contribution in [-0.2, 0) is 14.8 Å². The molecule has 0 spiro atoms. The van der Waals surface area contributed by atoms with Gasteiger partial charge in [0.15, 0.2) is 0 Å². The minimum atomic E-state index is -4.50. The summed E-state index contributed by atoms with van der Waals surface area (Å²) in [5.74, 6) is -0.898. The molecule has 0 unspecified atom stereocenters. The lowest BCUT2D eigenvalue weighted by Gasteiger charge is -2.21. The Kier molecular flexibility index (Phi) is 4.03. The number of nitrogens with zero attached hydrogens (tertiary/aromatic N) is 1. The smallest absolute Gasteiger partial charge is 0.346 e. The van der Waals surface area contributed by atoms with Crippen LogP contribution < -0.4 is 5.32 Å². The number of amides is 1. The maximum atomic E-state index is 11.9. The molecule has 0 aromatic carbocycles. The fourth-order valence-corrected chi connectivity index (χ4v) is 2.83. The van der Waals surface area contributed by atoms with Crippen molar-refractivity contribution in [2.24, 2.45) is 0 Å². The van der Waals surface area contributed by atoms with Crippen LogP contribution in [0.1, 0.15) is 12.8 Å². The lowest BCUT2D eigenvalue weighted by Crippen LogP contribution is -2.47. The second kappa shape index (κ2) is 4.81. The number of hydrogen-bond acceptors (Lipinski definition) is 3. The molecule has 1 amide bonds. The molecule has 0 aromatic heterocycles. The van der Waals surface area contributed by atoms with Crippen molar-refractivity contribution in [3.8, 4) is 0 Å². The van der Waals surface area contributed by atoms with Gasteiger partial charge in [0.05, 0.1) is 6.26 Å². The summed E-state index contributed by atoms with van der Waals surface area (Å²) >= 11 is 0. The van der Waals surface area contributed by atoms with E-state index < -0.39 is 34.7 Å². The highest BCUT2D eigenvalue weighted by Gasteiger charge is 2.37. The van der Waals surface area contributed by atoms with Crippen LogP contribution in [0, 0.1) is 0 Å². The largest absolute Gasteiger partial charge is 0.405 e. The number of sulfonamides is 1. The Bertz CT molecular complexity index is 393. The third-order valence-corrected chi connectivity index (χ3v) is 3.68. The van der Waals surface area contributed by atoms with Crippen LogP contribution in [0.15, 0.2) is 0 Å². The predicted octanol–water partition coefficient (Wildman–Crippen LogP) is 0.0889. The van der Waals surface area contributed by atoms with Gasteiger partial charge in [0, 0.05) is 6.54 Å². The van der Waals surface area contributed by atoms with Crippen molar-refractivity contribution in [3.63, 3.8) is 0 Å². The highest BCUT2D eigenvalue weighted by Crippen LogP contribution is 2.21. The summed E-state index contributed by atoms with van der Waals surface area (Å²) in [5, 5.41) is 1.70. The van der Waals surface area contributed by atoms with E-state index in [1.807, 2.05) is 0 Å². The van der Waals surface area contributed by atoms with Gasteiger partial charge in [-0.15, -0.1) is 0 Å². The number of rotatable bonds is 3. The van der Waals surface area contributed by atoms with Crippen LogP contribution in [0.25, 0.3) is 0 Å². The van der Waals surface area contributed by atoms with Gasteiger partial charge in [-0.2, -0.15) is 17.5 Å². The highest BCUT2D eigenvalue weighted by molar-refractivity contribution is 7.88. The Balaban J connectivity index is 2.63. The molecule has 0 aromatic rings. The molecule has 1 N–H and O–H groups in total. The first-order valence-corrected chi connectivity index (χ1v) is 6.77. The van der Waals surface area contributed by atoms with Crippen LogP contribution in [0.4, 0.5) is 13.2 Å². The van der Waals surface area contributed by atoms with E-state index in [2.05, 4.69) is 0 Å². The van der Waals surface area contributed by atoms with E-state index in [1.54, 1.807) is 5.32 Å². The van der Waals surface area contributed by atoms with Gasteiger partial charge in [0.1, 0.15) is 12.6 Å². The Labute approximate surface area is 97.0 Å². The molecule has 0 radical (unpaired) electrons. The van der Waals surface area contributed by atoms with Gasteiger partial charge in [0.2, 0.25) is 15.9 Å². The highest BCUT2D eigenvalue weighted by atomic mass is 32.2. The topological polar surface area (TPSA) is 66.5 Å². The Morgan fingerprint density at radius 1 is 1.47 bits per heavy atom. The lowest BCUT2D eigenvalue weighted by molar-refractivity contribution is -0.140. The molecule has 0 aliphatic carbocycles. The SMILES string of the molecule is CS(=O)(=O)N1CCC[C@@H]1C(=O)NCC(F)(F)F. The second-order valence-corrected chi connectivity index (χ2v) is 5.80. The molecular weight excluding hydrogens is 261 g/mol. The number of carbonyl (C=O) groups is 1. The van der Waals surface area contributed by atoms with Gasteiger partial charge in [-0.1, -0.05) is 0 Å². The fraction of sp³-hybridized carbons (Fsp3) is 0.875. The first-order valence-electron chi connectivity index (χ1n) is 4.92. The van der Waals surface area contributed by atoms with Crippen molar-refractivity contribution in [2.75, 3.05) is 19.3 Å². The molecule has 100 valence electrons. The molecule has 1 aliphatic rings. The third-order valence-electron chi connectivity index (χ3n) is 2.40. The molecule has 17 heavy (non-hydrogen) atoms. The first-order chi connectivity index (χ1) is 7.61. The van der Waals surface area contributed by atoms with Crippen molar-refractivity contribution < 1.29 is 26.4 Å². The molecular formula is C8H13F3N2O3S. The fourth-order valence-electron chi connectivity index (χ4n) is 1.70. The number of halogens is 3. The van der Waals surface area contributed by atoms with Gasteiger partial charge in [0.25, 0.3) is 0 Å². The Hall–Kier alpha value is -0.830. The number of alkyl halides is 3. The van der Waals surface area contributed by atoms with Crippen LogP contribution in [-0.4, -0.2) is 50.2 Å².